The van der Waals surface area contributed by atoms with Crippen molar-refractivity contribution >= 4 is 52.1 Å². The number of amides is 1. The van der Waals surface area contributed by atoms with Gasteiger partial charge in [-0.15, -0.1) is 0 Å². The van der Waals surface area contributed by atoms with Crippen molar-refractivity contribution < 1.29 is 9.90 Å². The molecule has 132 valence electrons. The van der Waals surface area contributed by atoms with Gasteiger partial charge < -0.3 is 10.4 Å². The normalized spacial score (nSPS) is 11.7. The van der Waals surface area contributed by atoms with Gasteiger partial charge in [0.1, 0.15) is 5.75 Å². The number of benzene rings is 2. The summed E-state index contributed by atoms with van der Waals surface area (Å²) in [6.07, 6.45) is 0.973. The number of carbonyl (C=O) groups excluding carboxylic acids is 1. The lowest BCUT2D eigenvalue weighted by Gasteiger charge is -2.15. The van der Waals surface area contributed by atoms with Crippen LogP contribution >= 0.6 is 35.4 Å². The fourth-order valence-corrected chi connectivity index (χ4v) is 2.89. The van der Waals surface area contributed by atoms with E-state index in [1.54, 1.807) is 12.1 Å². The Kier molecular flexibility index (Phi) is 6.64. The summed E-state index contributed by atoms with van der Waals surface area (Å²) in [7, 11) is 0. The number of rotatable bonds is 4. The molecule has 2 aromatic carbocycles. The first kappa shape index (κ1) is 19.5. The standard InChI is InChI=1S/C18H18Cl2N2O2S/c1-3-10(2)11-4-7-16(23)15(8-11)21-18(25)22-17(24)13-6-5-12(19)9-14(13)20/h4-10,23H,3H2,1-2H3,(H2,21,22,24,25)/t10-/m0/s1. The van der Waals surface area contributed by atoms with Crippen molar-refractivity contribution in [3.63, 3.8) is 0 Å². The Balaban J connectivity index is 2.11. The Hall–Kier alpha value is -1.82. The van der Waals surface area contributed by atoms with Crippen LogP contribution in [-0.4, -0.2) is 16.1 Å². The largest absolute Gasteiger partial charge is 0.506 e. The molecule has 0 saturated carbocycles. The number of hydrogen-bond donors (Lipinski definition) is 3. The van der Waals surface area contributed by atoms with E-state index < -0.39 is 5.91 Å². The Morgan fingerprint density at radius 3 is 2.60 bits per heavy atom. The molecule has 0 fully saturated rings. The van der Waals surface area contributed by atoms with Crippen molar-refractivity contribution in [3.05, 3.63) is 57.6 Å². The van der Waals surface area contributed by atoms with E-state index >= 15 is 0 Å². The summed E-state index contributed by atoms with van der Waals surface area (Å²) in [5.74, 6) is -0.0675. The lowest BCUT2D eigenvalue weighted by atomic mass is 9.98. The molecule has 4 nitrogen and oxygen atoms in total. The Labute approximate surface area is 162 Å². The zero-order valence-electron chi connectivity index (χ0n) is 13.8. The Bertz CT molecular complexity index is 812. The summed E-state index contributed by atoms with van der Waals surface area (Å²) in [5, 5.41) is 16.1. The maximum absolute atomic E-state index is 12.3. The second-order valence-electron chi connectivity index (χ2n) is 5.62. The molecule has 0 aliphatic heterocycles. The van der Waals surface area contributed by atoms with Crippen molar-refractivity contribution in [1.82, 2.24) is 5.32 Å². The second-order valence-corrected chi connectivity index (χ2v) is 6.87. The average molecular weight is 397 g/mol. The highest BCUT2D eigenvalue weighted by atomic mass is 35.5. The molecule has 0 heterocycles. The molecule has 0 aliphatic rings. The average Bonchev–Trinajstić information content (AvgIpc) is 2.55. The summed E-state index contributed by atoms with van der Waals surface area (Å²) in [6.45, 7) is 4.18. The number of hydrogen-bond acceptors (Lipinski definition) is 3. The van der Waals surface area contributed by atoms with Crippen molar-refractivity contribution in [2.24, 2.45) is 0 Å². The number of aromatic hydroxyl groups is 1. The Morgan fingerprint density at radius 1 is 1.24 bits per heavy atom. The third-order valence-electron chi connectivity index (χ3n) is 3.85. The third-order valence-corrected chi connectivity index (χ3v) is 4.60. The number of carbonyl (C=O) groups is 1. The molecule has 0 aliphatic carbocycles. The molecule has 1 amide bonds. The molecular formula is C18H18Cl2N2O2S. The molecule has 7 heteroatoms. The molecular weight excluding hydrogens is 379 g/mol. The van der Waals surface area contributed by atoms with Gasteiger partial charge >= 0.3 is 0 Å². The molecule has 0 spiro atoms. The highest BCUT2D eigenvalue weighted by Crippen LogP contribution is 2.29. The van der Waals surface area contributed by atoms with E-state index in [0.717, 1.165) is 12.0 Å². The topological polar surface area (TPSA) is 61.4 Å². The van der Waals surface area contributed by atoms with Crippen molar-refractivity contribution in [2.75, 3.05) is 5.32 Å². The van der Waals surface area contributed by atoms with Crippen molar-refractivity contribution in [1.29, 1.82) is 0 Å². The van der Waals surface area contributed by atoms with Crippen LogP contribution in [0.15, 0.2) is 36.4 Å². The molecule has 0 aromatic heterocycles. The monoisotopic (exact) mass is 396 g/mol. The van der Waals surface area contributed by atoms with Crippen LogP contribution in [0.2, 0.25) is 10.0 Å². The van der Waals surface area contributed by atoms with Crippen LogP contribution in [0.4, 0.5) is 5.69 Å². The zero-order valence-corrected chi connectivity index (χ0v) is 16.1. The van der Waals surface area contributed by atoms with Crippen LogP contribution in [-0.2, 0) is 0 Å². The quantitative estimate of drug-likeness (QED) is 0.482. The predicted octanol–water partition coefficient (Wildman–Crippen LogP) is 5.34. The van der Waals surface area contributed by atoms with E-state index in [2.05, 4.69) is 24.5 Å². The fourth-order valence-electron chi connectivity index (χ4n) is 2.19. The lowest BCUT2D eigenvalue weighted by Crippen LogP contribution is -2.34. The molecule has 0 unspecified atom stereocenters. The molecule has 0 bridgehead atoms. The van der Waals surface area contributed by atoms with Crippen LogP contribution in [0.3, 0.4) is 0 Å². The van der Waals surface area contributed by atoms with Crippen LogP contribution in [0.1, 0.15) is 42.1 Å². The molecule has 0 saturated heterocycles. The van der Waals surface area contributed by atoms with Gasteiger partial charge in [0.25, 0.3) is 5.91 Å². The summed E-state index contributed by atoms with van der Waals surface area (Å²) in [4.78, 5) is 12.3. The highest BCUT2D eigenvalue weighted by molar-refractivity contribution is 7.80. The number of thiocarbonyl (C=S) groups is 1. The maximum Gasteiger partial charge on any atom is 0.258 e. The summed E-state index contributed by atoms with van der Waals surface area (Å²) >= 11 is 17.0. The SMILES string of the molecule is CC[C@H](C)c1ccc(O)c(NC(=S)NC(=O)c2ccc(Cl)cc2Cl)c1. The first-order valence-corrected chi connectivity index (χ1v) is 8.88. The van der Waals surface area contributed by atoms with E-state index in [0.29, 0.717) is 16.6 Å². The minimum Gasteiger partial charge on any atom is -0.506 e. The molecule has 0 radical (unpaired) electrons. The van der Waals surface area contributed by atoms with Gasteiger partial charge in [0.05, 0.1) is 16.3 Å². The smallest absolute Gasteiger partial charge is 0.258 e. The van der Waals surface area contributed by atoms with Gasteiger partial charge in [-0.3, -0.25) is 10.1 Å². The number of anilines is 1. The number of phenols is 1. The first-order valence-electron chi connectivity index (χ1n) is 7.72. The van der Waals surface area contributed by atoms with Gasteiger partial charge in [-0.2, -0.15) is 0 Å². The van der Waals surface area contributed by atoms with Crippen LogP contribution < -0.4 is 10.6 Å². The van der Waals surface area contributed by atoms with Crippen molar-refractivity contribution in [3.8, 4) is 5.75 Å². The minimum atomic E-state index is -0.461. The van der Waals surface area contributed by atoms with Crippen LogP contribution in [0.25, 0.3) is 0 Å². The summed E-state index contributed by atoms with van der Waals surface area (Å²) in [6, 6.07) is 9.85. The van der Waals surface area contributed by atoms with Gasteiger partial charge in [-0.05, 0) is 60.5 Å². The van der Waals surface area contributed by atoms with Crippen LogP contribution in [0.5, 0.6) is 5.75 Å². The third kappa shape index (κ3) is 5.08. The van der Waals surface area contributed by atoms with E-state index in [9.17, 15) is 9.90 Å². The second kappa shape index (κ2) is 8.52. The molecule has 1 atom stereocenters. The fraction of sp³-hybridized carbons (Fsp3) is 0.222. The summed E-state index contributed by atoms with van der Waals surface area (Å²) < 4.78 is 0. The molecule has 2 rings (SSSR count). The Morgan fingerprint density at radius 2 is 1.96 bits per heavy atom. The van der Waals surface area contributed by atoms with Gasteiger partial charge in [0.15, 0.2) is 5.11 Å². The van der Waals surface area contributed by atoms with E-state index in [-0.39, 0.29) is 21.4 Å². The van der Waals surface area contributed by atoms with Crippen molar-refractivity contribution in [2.45, 2.75) is 26.2 Å². The maximum atomic E-state index is 12.3. The van der Waals surface area contributed by atoms with Gasteiger partial charge in [-0.25, -0.2) is 0 Å². The number of halogens is 2. The first-order chi connectivity index (χ1) is 11.8. The van der Waals surface area contributed by atoms with Gasteiger partial charge in [0.2, 0.25) is 0 Å². The van der Waals surface area contributed by atoms with Gasteiger partial charge in [-0.1, -0.05) is 43.1 Å². The molecule has 2 aromatic rings. The van der Waals surface area contributed by atoms with Crippen LogP contribution in [0, 0.1) is 0 Å². The van der Waals surface area contributed by atoms with E-state index in [4.69, 9.17) is 35.4 Å². The van der Waals surface area contributed by atoms with Gasteiger partial charge in [0, 0.05) is 5.02 Å². The lowest BCUT2D eigenvalue weighted by molar-refractivity contribution is 0.0978. The zero-order chi connectivity index (χ0) is 18.6. The number of nitrogens with one attached hydrogen (secondary N) is 2. The molecule has 3 N–H and O–H groups in total. The minimum absolute atomic E-state index is 0.0492. The molecule has 25 heavy (non-hydrogen) atoms. The highest BCUT2D eigenvalue weighted by Gasteiger charge is 2.14. The number of phenolic OH excluding ortho intramolecular Hbond substituents is 1. The van der Waals surface area contributed by atoms with E-state index in [1.807, 2.05) is 12.1 Å². The predicted molar refractivity (Wildman–Crippen MR) is 107 cm³/mol. The van der Waals surface area contributed by atoms with E-state index in [1.165, 1.54) is 12.1 Å². The summed E-state index contributed by atoms with van der Waals surface area (Å²) in [5.41, 5.74) is 1.76.